The molecular weight excluding hydrogens is 223 g/mol. The molecule has 4 nitrogen and oxygen atoms in total. The molecule has 17 heavy (non-hydrogen) atoms. The van der Waals surface area contributed by atoms with Gasteiger partial charge in [-0.2, -0.15) is 0 Å². The number of anilines is 1. The molecule has 92 valence electrons. The minimum absolute atomic E-state index is 0.0855. The van der Waals surface area contributed by atoms with Crippen LogP contribution in [0.15, 0.2) is 18.2 Å². The van der Waals surface area contributed by atoms with Gasteiger partial charge >= 0.3 is 0 Å². The van der Waals surface area contributed by atoms with Crippen molar-refractivity contribution in [3.05, 3.63) is 24.0 Å². The van der Waals surface area contributed by atoms with E-state index in [4.69, 9.17) is 10.8 Å². The SMILES string of the molecule is NC1CCC(C(=O)Nc2ccc(O)c(F)c2)C1. The second kappa shape index (κ2) is 4.71. The van der Waals surface area contributed by atoms with Crippen LogP contribution in [0.5, 0.6) is 5.75 Å². The maximum absolute atomic E-state index is 13.0. The fourth-order valence-electron chi connectivity index (χ4n) is 2.08. The lowest BCUT2D eigenvalue weighted by Crippen LogP contribution is -2.23. The van der Waals surface area contributed by atoms with E-state index < -0.39 is 11.6 Å². The maximum atomic E-state index is 13.0. The molecule has 0 heterocycles. The first kappa shape index (κ1) is 11.9. The molecule has 0 radical (unpaired) electrons. The largest absolute Gasteiger partial charge is 0.505 e. The monoisotopic (exact) mass is 238 g/mol. The van der Waals surface area contributed by atoms with Crippen LogP contribution in [0.25, 0.3) is 0 Å². The number of benzene rings is 1. The summed E-state index contributed by atoms with van der Waals surface area (Å²) in [5.41, 5.74) is 6.08. The molecule has 5 heteroatoms. The summed E-state index contributed by atoms with van der Waals surface area (Å²) in [6.45, 7) is 0. The Morgan fingerprint density at radius 2 is 2.24 bits per heavy atom. The van der Waals surface area contributed by atoms with Gasteiger partial charge in [0.15, 0.2) is 11.6 Å². The smallest absolute Gasteiger partial charge is 0.227 e. The number of halogens is 1. The van der Waals surface area contributed by atoms with Crippen LogP contribution in [0.1, 0.15) is 19.3 Å². The zero-order valence-electron chi connectivity index (χ0n) is 9.32. The standard InChI is InChI=1S/C12H15FN2O2/c13-10-6-9(3-4-11(10)16)15-12(17)7-1-2-8(14)5-7/h3-4,6-8,16H,1-2,5,14H2,(H,15,17). The first-order valence-electron chi connectivity index (χ1n) is 5.61. The summed E-state index contributed by atoms with van der Waals surface area (Å²) in [5.74, 6) is -1.40. The van der Waals surface area contributed by atoms with Gasteiger partial charge in [0, 0.05) is 23.7 Å². The fraction of sp³-hybridized carbons (Fsp3) is 0.417. The van der Waals surface area contributed by atoms with E-state index in [1.165, 1.54) is 12.1 Å². The summed E-state index contributed by atoms with van der Waals surface area (Å²) >= 11 is 0. The van der Waals surface area contributed by atoms with Gasteiger partial charge in [-0.15, -0.1) is 0 Å². The van der Waals surface area contributed by atoms with Crippen LogP contribution in [0.3, 0.4) is 0 Å². The molecule has 2 rings (SSSR count). The molecule has 1 saturated carbocycles. The van der Waals surface area contributed by atoms with E-state index in [0.29, 0.717) is 12.1 Å². The van der Waals surface area contributed by atoms with Gasteiger partial charge < -0.3 is 16.2 Å². The summed E-state index contributed by atoms with van der Waals surface area (Å²) in [5, 5.41) is 11.6. The molecule has 2 atom stereocenters. The Morgan fingerprint density at radius 3 is 2.82 bits per heavy atom. The number of amides is 1. The van der Waals surface area contributed by atoms with Crippen molar-refractivity contribution in [3.8, 4) is 5.75 Å². The minimum Gasteiger partial charge on any atom is -0.505 e. The third-order valence-electron chi connectivity index (χ3n) is 3.06. The number of carbonyl (C=O) groups is 1. The quantitative estimate of drug-likeness (QED) is 0.685. The second-order valence-corrected chi connectivity index (χ2v) is 4.43. The van der Waals surface area contributed by atoms with Gasteiger partial charge in [0.1, 0.15) is 0 Å². The van der Waals surface area contributed by atoms with Crippen LogP contribution in [-0.2, 0) is 4.79 Å². The zero-order chi connectivity index (χ0) is 12.4. The number of nitrogens with two attached hydrogens (primary N) is 1. The molecule has 0 aliphatic heterocycles. The maximum Gasteiger partial charge on any atom is 0.227 e. The molecule has 1 aromatic carbocycles. The van der Waals surface area contributed by atoms with E-state index >= 15 is 0 Å². The number of carbonyl (C=O) groups excluding carboxylic acids is 1. The van der Waals surface area contributed by atoms with Crippen LogP contribution >= 0.6 is 0 Å². The summed E-state index contributed by atoms with van der Waals surface area (Å²) in [4.78, 5) is 11.8. The number of hydrogen-bond donors (Lipinski definition) is 3. The highest BCUT2D eigenvalue weighted by atomic mass is 19.1. The number of rotatable bonds is 2. The zero-order valence-corrected chi connectivity index (χ0v) is 9.32. The van der Waals surface area contributed by atoms with Crippen molar-refractivity contribution < 1.29 is 14.3 Å². The van der Waals surface area contributed by atoms with Gasteiger partial charge in [0.05, 0.1) is 0 Å². The first-order chi connectivity index (χ1) is 8.06. The normalized spacial score (nSPS) is 23.6. The number of hydrogen-bond acceptors (Lipinski definition) is 3. The molecule has 0 spiro atoms. The molecule has 0 saturated heterocycles. The third-order valence-corrected chi connectivity index (χ3v) is 3.06. The van der Waals surface area contributed by atoms with Crippen molar-refractivity contribution in [2.45, 2.75) is 25.3 Å². The topological polar surface area (TPSA) is 75.4 Å². The van der Waals surface area contributed by atoms with E-state index in [1.807, 2.05) is 0 Å². The molecule has 1 amide bonds. The fourth-order valence-corrected chi connectivity index (χ4v) is 2.08. The van der Waals surface area contributed by atoms with E-state index in [2.05, 4.69) is 5.32 Å². The highest BCUT2D eigenvalue weighted by molar-refractivity contribution is 5.92. The Bertz CT molecular complexity index is 437. The Balaban J connectivity index is 2.00. The number of aromatic hydroxyl groups is 1. The molecule has 0 aromatic heterocycles. The molecule has 4 N–H and O–H groups in total. The lowest BCUT2D eigenvalue weighted by Gasteiger charge is -2.11. The number of phenolic OH excluding ortho intramolecular Hbond substituents is 1. The van der Waals surface area contributed by atoms with Crippen molar-refractivity contribution in [3.63, 3.8) is 0 Å². The Kier molecular flexibility index (Phi) is 3.28. The van der Waals surface area contributed by atoms with Crippen molar-refractivity contribution in [1.82, 2.24) is 0 Å². The Morgan fingerprint density at radius 1 is 1.47 bits per heavy atom. The van der Waals surface area contributed by atoms with Crippen molar-refractivity contribution >= 4 is 11.6 Å². The van der Waals surface area contributed by atoms with Gasteiger partial charge in [-0.25, -0.2) is 4.39 Å². The molecule has 1 fully saturated rings. The lowest BCUT2D eigenvalue weighted by molar-refractivity contribution is -0.119. The van der Waals surface area contributed by atoms with Gasteiger partial charge in [-0.1, -0.05) is 0 Å². The summed E-state index contributed by atoms with van der Waals surface area (Å²) in [7, 11) is 0. The average molecular weight is 238 g/mol. The first-order valence-corrected chi connectivity index (χ1v) is 5.61. The number of nitrogens with one attached hydrogen (secondary N) is 1. The average Bonchev–Trinajstić information content (AvgIpc) is 2.70. The number of phenols is 1. The van der Waals surface area contributed by atoms with Crippen LogP contribution in [0.2, 0.25) is 0 Å². The molecule has 1 aliphatic rings. The minimum atomic E-state index is -0.745. The van der Waals surface area contributed by atoms with Crippen LogP contribution in [0.4, 0.5) is 10.1 Å². The predicted molar refractivity (Wildman–Crippen MR) is 62.0 cm³/mol. The highest BCUT2D eigenvalue weighted by Gasteiger charge is 2.27. The summed E-state index contributed by atoms with van der Waals surface area (Å²) in [6, 6.07) is 3.86. The van der Waals surface area contributed by atoms with E-state index in [9.17, 15) is 9.18 Å². The van der Waals surface area contributed by atoms with Crippen LogP contribution < -0.4 is 11.1 Å². The van der Waals surface area contributed by atoms with Crippen LogP contribution in [0, 0.1) is 11.7 Å². The lowest BCUT2D eigenvalue weighted by atomic mass is 10.1. The molecule has 1 aromatic rings. The predicted octanol–water partition coefficient (Wildman–Crippen LogP) is 1.60. The van der Waals surface area contributed by atoms with Gasteiger partial charge in [-0.3, -0.25) is 4.79 Å². The third kappa shape index (κ3) is 2.74. The van der Waals surface area contributed by atoms with Gasteiger partial charge in [-0.05, 0) is 31.4 Å². The van der Waals surface area contributed by atoms with Crippen molar-refractivity contribution in [2.75, 3.05) is 5.32 Å². The Hall–Kier alpha value is -1.62. The second-order valence-electron chi connectivity index (χ2n) is 4.43. The van der Waals surface area contributed by atoms with Crippen molar-refractivity contribution in [1.29, 1.82) is 0 Å². The summed E-state index contributed by atoms with van der Waals surface area (Å²) < 4.78 is 13.0. The Labute approximate surface area is 98.6 Å². The van der Waals surface area contributed by atoms with E-state index in [0.717, 1.165) is 18.9 Å². The van der Waals surface area contributed by atoms with Gasteiger partial charge in [0.25, 0.3) is 0 Å². The van der Waals surface area contributed by atoms with Gasteiger partial charge in [0.2, 0.25) is 5.91 Å². The van der Waals surface area contributed by atoms with E-state index in [-0.39, 0.29) is 17.9 Å². The van der Waals surface area contributed by atoms with E-state index in [1.54, 1.807) is 0 Å². The summed E-state index contributed by atoms with van der Waals surface area (Å²) in [6.07, 6.45) is 2.29. The van der Waals surface area contributed by atoms with Crippen molar-refractivity contribution in [2.24, 2.45) is 11.7 Å². The van der Waals surface area contributed by atoms with Crippen LogP contribution in [-0.4, -0.2) is 17.1 Å². The molecular formula is C12H15FN2O2. The highest BCUT2D eigenvalue weighted by Crippen LogP contribution is 2.26. The molecule has 2 unspecified atom stereocenters. The molecule has 1 aliphatic carbocycles. The molecule has 0 bridgehead atoms.